The standard InChI is InChI=1S/C6H6N4O2/c7-2-1-4-9-5-3-8-6(9)10(11)12/h3,5H,1,4H2. The molecule has 6 nitrogen and oxygen atoms in total. The zero-order chi connectivity index (χ0) is 8.97. The lowest BCUT2D eigenvalue weighted by atomic mass is 10.5. The van der Waals surface area contributed by atoms with Gasteiger partial charge in [-0.2, -0.15) is 5.26 Å². The minimum Gasteiger partial charge on any atom is -0.390 e. The maximum absolute atomic E-state index is 10.3. The fourth-order valence-electron chi connectivity index (χ4n) is 0.818. The summed E-state index contributed by atoms with van der Waals surface area (Å²) in [5.74, 6) is -0.217. The maximum atomic E-state index is 10.3. The summed E-state index contributed by atoms with van der Waals surface area (Å²) >= 11 is 0. The van der Waals surface area contributed by atoms with Crippen LogP contribution in [0.4, 0.5) is 5.95 Å². The first-order valence-corrected chi connectivity index (χ1v) is 3.28. The summed E-state index contributed by atoms with van der Waals surface area (Å²) in [6, 6.07) is 1.90. The van der Waals surface area contributed by atoms with Gasteiger partial charge >= 0.3 is 5.95 Å². The van der Waals surface area contributed by atoms with Gasteiger partial charge in [0.05, 0.1) is 19.0 Å². The molecular weight excluding hydrogens is 160 g/mol. The third kappa shape index (κ3) is 1.58. The van der Waals surface area contributed by atoms with E-state index in [0.29, 0.717) is 6.54 Å². The second kappa shape index (κ2) is 3.48. The molecule has 0 saturated carbocycles. The molecule has 0 aliphatic carbocycles. The lowest BCUT2D eigenvalue weighted by molar-refractivity contribution is -0.396. The number of aryl methyl sites for hydroxylation is 1. The van der Waals surface area contributed by atoms with Crippen LogP contribution in [0.15, 0.2) is 12.4 Å². The van der Waals surface area contributed by atoms with Gasteiger partial charge in [-0.15, -0.1) is 0 Å². The van der Waals surface area contributed by atoms with E-state index in [9.17, 15) is 10.1 Å². The molecule has 6 heteroatoms. The summed E-state index contributed by atoms with van der Waals surface area (Å²) in [7, 11) is 0. The summed E-state index contributed by atoms with van der Waals surface area (Å²) in [5, 5.41) is 18.5. The van der Waals surface area contributed by atoms with Crippen molar-refractivity contribution in [3.05, 3.63) is 22.5 Å². The average Bonchev–Trinajstić information content (AvgIpc) is 2.48. The maximum Gasteiger partial charge on any atom is 0.434 e. The molecule has 0 fully saturated rings. The predicted molar refractivity (Wildman–Crippen MR) is 39.1 cm³/mol. The highest BCUT2D eigenvalue weighted by molar-refractivity contribution is 5.06. The van der Waals surface area contributed by atoms with Crippen LogP contribution in [0.1, 0.15) is 6.42 Å². The highest BCUT2D eigenvalue weighted by Gasteiger charge is 2.12. The first-order chi connectivity index (χ1) is 5.75. The normalized spacial score (nSPS) is 9.25. The molecule has 0 amide bonds. The van der Waals surface area contributed by atoms with Gasteiger partial charge in [-0.25, -0.2) is 4.57 Å². The molecule has 0 spiro atoms. The number of hydrogen-bond donors (Lipinski definition) is 0. The Labute approximate surface area is 68.2 Å². The molecule has 0 atom stereocenters. The molecule has 0 aliphatic heterocycles. The number of nitrogens with zero attached hydrogens (tertiary/aromatic N) is 4. The lowest BCUT2D eigenvalue weighted by Gasteiger charge is -1.96. The molecule has 0 bridgehead atoms. The van der Waals surface area contributed by atoms with Crippen LogP contribution < -0.4 is 0 Å². The summed E-state index contributed by atoms with van der Waals surface area (Å²) in [5.41, 5.74) is 0. The van der Waals surface area contributed by atoms with Crippen molar-refractivity contribution in [2.45, 2.75) is 13.0 Å². The van der Waals surface area contributed by atoms with Gasteiger partial charge in [0.15, 0.2) is 0 Å². The van der Waals surface area contributed by atoms with E-state index in [1.807, 2.05) is 6.07 Å². The second-order valence-corrected chi connectivity index (χ2v) is 2.09. The minimum absolute atomic E-state index is 0.217. The van der Waals surface area contributed by atoms with E-state index in [2.05, 4.69) is 4.98 Å². The van der Waals surface area contributed by atoms with Gasteiger partial charge in [-0.05, 0) is 4.92 Å². The van der Waals surface area contributed by atoms with E-state index < -0.39 is 4.92 Å². The smallest absolute Gasteiger partial charge is 0.390 e. The number of aromatic nitrogens is 2. The van der Waals surface area contributed by atoms with Gasteiger partial charge in [0, 0.05) is 0 Å². The zero-order valence-corrected chi connectivity index (χ0v) is 6.17. The zero-order valence-electron chi connectivity index (χ0n) is 6.17. The molecule has 1 aromatic rings. The number of hydrogen-bond acceptors (Lipinski definition) is 4. The van der Waals surface area contributed by atoms with E-state index in [4.69, 9.17) is 5.26 Å². The van der Waals surface area contributed by atoms with E-state index in [1.54, 1.807) is 0 Å². The van der Waals surface area contributed by atoms with Gasteiger partial charge in [0.2, 0.25) is 0 Å². The van der Waals surface area contributed by atoms with Crippen LogP contribution in [0.5, 0.6) is 0 Å². The van der Waals surface area contributed by atoms with Crippen molar-refractivity contribution in [2.24, 2.45) is 0 Å². The Bertz CT molecular complexity index is 325. The SMILES string of the molecule is N#CCCn1ccnc1[N+](=O)[O-]. The Balaban J connectivity index is 2.79. The molecule has 0 saturated heterocycles. The van der Waals surface area contributed by atoms with Crippen LogP contribution in [0.25, 0.3) is 0 Å². The van der Waals surface area contributed by atoms with Gasteiger partial charge in [0.1, 0.15) is 12.4 Å². The van der Waals surface area contributed by atoms with Crippen LogP contribution in [0.2, 0.25) is 0 Å². The molecule has 1 rings (SSSR count). The monoisotopic (exact) mass is 166 g/mol. The van der Waals surface area contributed by atoms with Crippen molar-refractivity contribution >= 4 is 5.95 Å². The molecule has 1 heterocycles. The first kappa shape index (κ1) is 8.20. The quantitative estimate of drug-likeness (QED) is 0.488. The van der Waals surface area contributed by atoms with E-state index in [0.717, 1.165) is 0 Å². The van der Waals surface area contributed by atoms with Crippen LogP contribution >= 0.6 is 0 Å². The Morgan fingerprint density at radius 3 is 3.17 bits per heavy atom. The lowest BCUT2D eigenvalue weighted by Crippen LogP contribution is -2.02. The topological polar surface area (TPSA) is 84.8 Å². The third-order valence-corrected chi connectivity index (χ3v) is 1.32. The van der Waals surface area contributed by atoms with E-state index in [-0.39, 0.29) is 12.4 Å². The Hall–Kier alpha value is -1.90. The van der Waals surface area contributed by atoms with Crippen molar-refractivity contribution in [1.82, 2.24) is 9.55 Å². The van der Waals surface area contributed by atoms with Gasteiger partial charge in [-0.3, -0.25) is 0 Å². The van der Waals surface area contributed by atoms with Crippen molar-refractivity contribution in [3.63, 3.8) is 0 Å². The summed E-state index contributed by atoms with van der Waals surface area (Å²) in [6.45, 7) is 0.312. The Morgan fingerprint density at radius 1 is 1.83 bits per heavy atom. The number of rotatable bonds is 3. The largest absolute Gasteiger partial charge is 0.434 e. The molecule has 0 N–H and O–H groups in total. The van der Waals surface area contributed by atoms with Crippen molar-refractivity contribution in [2.75, 3.05) is 0 Å². The van der Waals surface area contributed by atoms with Gasteiger partial charge in [-0.1, -0.05) is 4.98 Å². The van der Waals surface area contributed by atoms with Crippen molar-refractivity contribution in [3.8, 4) is 6.07 Å². The van der Waals surface area contributed by atoms with Crippen molar-refractivity contribution in [1.29, 1.82) is 5.26 Å². The highest BCUT2D eigenvalue weighted by atomic mass is 16.6. The van der Waals surface area contributed by atoms with E-state index >= 15 is 0 Å². The van der Waals surface area contributed by atoms with Crippen LogP contribution in [-0.4, -0.2) is 14.5 Å². The van der Waals surface area contributed by atoms with Gasteiger partial charge in [0.25, 0.3) is 0 Å². The fourth-order valence-corrected chi connectivity index (χ4v) is 0.818. The van der Waals surface area contributed by atoms with Gasteiger partial charge < -0.3 is 10.1 Å². The molecule has 0 radical (unpaired) electrons. The minimum atomic E-state index is -0.572. The number of nitro groups is 1. The highest BCUT2D eigenvalue weighted by Crippen LogP contribution is 2.07. The molecular formula is C6H6N4O2. The van der Waals surface area contributed by atoms with Crippen LogP contribution in [-0.2, 0) is 6.54 Å². The molecule has 0 aromatic carbocycles. The summed E-state index contributed by atoms with van der Waals surface area (Å²) in [4.78, 5) is 13.2. The third-order valence-electron chi connectivity index (χ3n) is 1.32. The van der Waals surface area contributed by atoms with Crippen LogP contribution in [0.3, 0.4) is 0 Å². The second-order valence-electron chi connectivity index (χ2n) is 2.09. The number of imidazole rings is 1. The van der Waals surface area contributed by atoms with Crippen LogP contribution in [0, 0.1) is 21.4 Å². The molecule has 0 aliphatic rings. The molecule has 62 valence electrons. The molecule has 12 heavy (non-hydrogen) atoms. The van der Waals surface area contributed by atoms with E-state index in [1.165, 1.54) is 17.0 Å². The average molecular weight is 166 g/mol. The molecule has 0 unspecified atom stereocenters. The Kier molecular flexibility index (Phi) is 2.38. The van der Waals surface area contributed by atoms with Crippen molar-refractivity contribution < 1.29 is 4.92 Å². The predicted octanol–water partition coefficient (Wildman–Crippen LogP) is 0.705. The summed E-state index contributed by atoms with van der Waals surface area (Å²) < 4.78 is 1.34. The molecule has 1 aromatic heterocycles. The Morgan fingerprint density at radius 2 is 2.58 bits per heavy atom. The summed E-state index contributed by atoms with van der Waals surface area (Å²) in [6.07, 6.45) is 3.07. The number of nitriles is 1. The fraction of sp³-hybridized carbons (Fsp3) is 0.333. The first-order valence-electron chi connectivity index (χ1n) is 3.28.